The second kappa shape index (κ2) is 11.9. The first-order valence-electron chi connectivity index (χ1n) is 9.44. The third kappa shape index (κ3) is 8.05. The number of amides is 2. The largest absolute Gasteiger partial charge is 0.382 e. The highest BCUT2D eigenvalue weighted by molar-refractivity contribution is 5.94. The maximum Gasteiger partial charge on any atom is 0.251 e. The molecule has 2 aromatic carbocycles. The van der Waals surface area contributed by atoms with Crippen molar-refractivity contribution in [2.75, 3.05) is 19.8 Å². The first-order chi connectivity index (χ1) is 13.2. The lowest BCUT2D eigenvalue weighted by Gasteiger charge is -2.08. The quantitative estimate of drug-likeness (QED) is 0.599. The first-order valence-corrected chi connectivity index (χ1v) is 9.44. The van der Waals surface area contributed by atoms with Gasteiger partial charge in [0.2, 0.25) is 5.91 Å². The molecule has 0 saturated heterocycles. The fourth-order valence-corrected chi connectivity index (χ4v) is 2.59. The van der Waals surface area contributed by atoms with Crippen LogP contribution in [0.1, 0.15) is 41.3 Å². The van der Waals surface area contributed by atoms with E-state index in [0.29, 0.717) is 38.3 Å². The van der Waals surface area contributed by atoms with Crippen LogP contribution in [0.5, 0.6) is 0 Å². The summed E-state index contributed by atoms with van der Waals surface area (Å²) in [4.78, 5) is 24.0. The zero-order chi connectivity index (χ0) is 19.3. The molecule has 0 bridgehead atoms. The van der Waals surface area contributed by atoms with Gasteiger partial charge in [-0.3, -0.25) is 9.59 Å². The van der Waals surface area contributed by atoms with Gasteiger partial charge in [0.25, 0.3) is 5.91 Å². The topological polar surface area (TPSA) is 67.4 Å². The molecule has 0 aromatic heterocycles. The van der Waals surface area contributed by atoms with Gasteiger partial charge < -0.3 is 15.4 Å². The lowest BCUT2D eigenvalue weighted by Crippen LogP contribution is -2.25. The third-order valence-corrected chi connectivity index (χ3v) is 4.14. The van der Waals surface area contributed by atoms with E-state index in [0.717, 1.165) is 24.0 Å². The molecule has 0 radical (unpaired) electrons. The Balaban J connectivity index is 1.68. The van der Waals surface area contributed by atoms with Crippen LogP contribution in [0, 0.1) is 0 Å². The standard InChI is InChI=1S/C22H28N2O3/c1-2-27-16-6-15-23-22(26)20-12-9-19(10-13-20)17-24-21(25)14-11-18-7-4-3-5-8-18/h3-5,7-10,12-13H,2,6,11,14-17H2,1H3,(H,23,26)(H,24,25). The number of hydrogen-bond donors (Lipinski definition) is 2. The minimum absolute atomic E-state index is 0.0231. The molecule has 0 unspecified atom stereocenters. The Hall–Kier alpha value is -2.66. The van der Waals surface area contributed by atoms with Crippen molar-refractivity contribution in [3.05, 3.63) is 71.3 Å². The Labute approximate surface area is 161 Å². The molecule has 0 aliphatic rings. The van der Waals surface area contributed by atoms with E-state index < -0.39 is 0 Å². The van der Waals surface area contributed by atoms with Gasteiger partial charge in [-0.15, -0.1) is 0 Å². The molecule has 0 aliphatic heterocycles. The molecule has 2 N–H and O–H groups in total. The summed E-state index contributed by atoms with van der Waals surface area (Å²) in [5.74, 6) is -0.0695. The Kier molecular flexibility index (Phi) is 9.07. The van der Waals surface area contributed by atoms with E-state index >= 15 is 0 Å². The van der Waals surface area contributed by atoms with Gasteiger partial charge >= 0.3 is 0 Å². The second-order valence-electron chi connectivity index (χ2n) is 6.27. The van der Waals surface area contributed by atoms with E-state index in [2.05, 4.69) is 10.6 Å². The Morgan fingerprint density at radius 1 is 0.926 bits per heavy atom. The summed E-state index contributed by atoms with van der Waals surface area (Å²) >= 11 is 0. The predicted octanol–water partition coefficient (Wildman–Crippen LogP) is 3.09. The molecule has 144 valence electrons. The van der Waals surface area contributed by atoms with Crippen LogP contribution in [0.25, 0.3) is 0 Å². The van der Waals surface area contributed by atoms with Gasteiger partial charge in [-0.25, -0.2) is 0 Å². The van der Waals surface area contributed by atoms with Gasteiger partial charge in [-0.05, 0) is 43.0 Å². The molecule has 0 spiro atoms. The van der Waals surface area contributed by atoms with Crippen molar-refractivity contribution >= 4 is 11.8 Å². The van der Waals surface area contributed by atoms with E-state index in [1.54, 1.807) is 12.1 Å². The molecule has 2 rings (SSSR count). The normalized spacial score (nSPS) is 10.4. The van der Waals surface area contributed by atoms with Crippen molar-refractivity contribution in [2.24, 2.45) is 0 Å². The number of carbonyl (C=O) groups excluding carboxylic acids is 2. The smallest absolute Gasteiger partial charge is 0.251 e. The van der Waals surface area contributed by atoms with E-state index in [-0.39, 0.29) is 11.8 Å². The van der Waals surface area contributed by atoms with Crippen LogP contribution in [0.4, 0.5) is 0 Å². The zero-order valence-corrected chi connectivity index (χ0v) is 15.9. The summed E-state index contributed by atoms with van der Waals surface area (Å²) in [6.07, 6.45) is 1.99. The van der Waals surface area contributed by atoms with Gasteiger partial charge in [0.05, 0.1) is 0 Å². The van der Waals surface area contributed by atoms with Crippen LogP contribution in [0.2, 0.25) is 0 Å². The number of aryl methyl sites for hydroxylation is 1. The molecule has 0 heterocycles. The number of hydrogen-bond acceptors (Lipinski definition) is 3. The zero-order valence-electron chi connectivity index (χ0n) is 15.9. The average Bonchev–Trinajstić information content (AvgIpc) is 2.71. The van der Waals surface area contributed by atoms with Gasteiger partial charge in [0, 0.05) is 38.3 Å². The lowest BCUT2D eigenvalue weighted by atomic mass is 10.1. The molecule has 0 aliphatic carbocycles. The second-order valence-corrected chi connectivity index (χ2v) is 6.27. The molecular weight excluding hydrogens is 340 g/mol. The van der Waals surface area contributed by atoms with Crippen LogP contribution in [-0.2, 0) is 22.5 Å². The van der Waals surface area contributed by atoms with Crippen LogP contribution in [-0.4, -0.2) is 31.6 Å². The van der Waals surface area contributed by atoms with Crippen molar-refractivity contribution in [3.63, 3.8) is 0 Å². The first kappa shape index (κ1) is 20.6. The third-order valence-electron chi connectivity index (χ3n) is 4.14. The van der Waals surface area contributed by atoms with Crippen LogP contribution >= 0.6 is 0 Å². The lowest BCUT2D eigenvalue weighted by molar-refractivity contribution is -0.121. The van der Waals surface area contributed by atoms with Crippen molar-refractivity contribution < 1.29 is 14.3 Å². The summed E-state index contributed by atoms with van der Waals surface area (Å²) in [6, 6.07) is 17.3. The molecular formula is C22H28N2O3. The van der Waals surface area contributed by atoms with Crippen LogP contribution in [0.15, 0.2) is 54.6 Å². The summed E-state index contributed by atoms with van der Waals surface area (Å²) in [5, 5.41) is 5.79. The molecule has 2 aromatic rings. The van der Waals surface area contributed by atoms with Gasteiger partial charge in [-0.2, -0.15) is 0 Å². The monoisotopic (exact) mass is 368 g/mol. The molecule has 2 amide bonds. The Morgan fingerprint density at radius 3 is 2.37 bits per heavy atom. The van der Waals surface area contributed by atoms with Crippen molar-refractivity contribution in [1.82, 2.24) is 10.6 Å². The minimum Gasteiger partial charge on any atom is -0.382 e. The Morgan fingerprint density at radius 2 is 1.67 bits per heavy atom. The van der Waals surface area contributed by atoms with E-state index in [9.17, 15) is 9.59 Å². The molecule has 0 atom stereocenters. The summed E-state index contributed by atoms with van der Waals surface area (Å²) in [6.45, 7) is 4.35. The maximum absolute atomic E-state index is 12.1. The van der Waals surface area contributed by atoms with Gasteiger partial charge in [0.1, 0.15) is 0 Å². The van der Waals surface area contributed by atoms with Crippen molar-refractivity contribution in [3.8, 4) is 0 Å². The van der Waals surface area contributed by atoms with Crippen molar-refractivity contribution in [2.45, 2.75) is 32.7 Å². The summed E-state index contributed by atoms with van der Waals surface area (Å²) in [5.41, 5.74) is 2.74. The molecule has 5 heteroatoms. The highest BCUT2D eigenvalue weighted by atomic mass is 16.5. The molecule has 5 nitrogen and oxygen atoms in total. The van der Waals surface area contributed by atoms with E-state index in [4.69, 9.17) is 4.74 Å². The van der Waals surface area contributed by atoms with E-state index in [1.807, 2.05) is 49.4 Å². The fraction of sp³-hybridized carbons (Fsp3) is 0.364. The Bertz CT molecular complexity index is 699. The molecule has 27 heavy (non-hydrogen) atoms. The van der Waals surface area contributed by atoms with E-state index in [1.165, 1.54) is 0 Å². The van der Waals surface area contributed by atoms with Gasteiger partial charge in [0.15, 0.2) is 0 Å². The minimum atomic E-state index is -0.0926. The maximum atomic E-state index is 12.1. The van der Waals surface area contributed by atoms with Crippen molar-refractivity contribution in [1.29, 1.82) is 0 Å². The number of nitrogens with one attached hydrogen (secondary N) is 2. The van der Waals surface area contributed by atoms with Crippen LogP contribution < -0.4 is 10.6 Å². The molecule has 0 saturated carbocycles. The summed E-state index contributed by atoms with van der Waals surface area (Å²) in [7, 11) is 0. The number of carbonyl (C=O) groups is 2. The number of rotatable bonds is 11. The van der Waals surface area contributed by atoms with Crippen LogP contribution in [0.3, 0.4) is 0 Å². The SMILES string of the molecule is CCOCCCNC(=O)c1ccc(CNC(=O)CCc2ccccc2)cc1. The number of ether oxygens (including phenoxy) is 1. The fourth-order valence-electron chi connectivity index (χ4n) is 2.59. The van der Waals surface area contributed by atoms with Gasteiger partial charge in [-0.1, -0.05) is 42.5 Å². The summed E-state index contributed by atoms with van der Waals surface area (Å²) < 4.78 is 5.24. The predicted molar refractivity (Wildman–Crippen MR) is 106 cm³/mol. The highest BCUT2D eigenvalue weighted by Gasteiger charge is 2.06. The highest BCUT2D eigenvalue weighted by Crippen LogP contribution is 2.06. The number of benzene rings is 2. The average molecular weight is 368 g/mol. The molecule has 0 fully saturated rings.